The van der Waals surface area contributed by atoms with Gasteiger partial charge in [-0.1, -0.05) is 0 Å². The normalized spacial score (nSPS) is 11.4. The average molecular weight is 273 g/mol. The fraction of sp³-hybridized carbons (Fsp3) is 0.500. The molecule has 0 aliphatic rings. The molecule has 0 radical (unpaired) electrons. The molecule has 1 unspecified atom stereocenters. The van der Waals surface area contributed by atoms with Crippen molar-refractivity contribution in [3.63, 3.8) is 0 Å². The Morgan fingerprint density at radius 2 is 1.28 bits per heavy atom. The summed E-state index contributed by atoms with van der Waals surface area (Å²) >= 11 is 0. The van der Waals surface area contributed by atoms with E-state index in [2.05, 4.69) is 0 Å². The van der Waals surface area contributed by atoms with Gasteiger partial charge >= 0.3 is 53.4 Å². The van der Waals surface area contributed by atoms with Gasteiger partial charge in [0, 0.05) is 0 Å². The van der Waals surface area contributed by atoms with Crippen LogP contribution in [0.1, 0.15) is 7.85 Å². The summed E-state index contributed by atoms with van der Waals surface area (Å²) in [5, 5.41) is 34.2. The second-order valence-corrected chi connectivity index (χ2v) is 3.14. The van der Waals surface area contributed by atoms with Crippen molar-refractivity contribution in [3.05, 3.63) is 0 Å². The molecule has 0 fully saturated rings. The molecule has 0 aromatic heterocycles. The Balaban J connectivity index is -0.00000128. The quantitative estimate of drug-likeness (QED) is 0.320. The predicted molar refractivity (Wildman–Crippen MR) is 51.6 cm³/mol. The molecule has 0 amide bonds. The number of carbonyl (C=O) groups is 4. The van der Waals surface area contributed by atoms with Gasteiger partial charge in [-0.25, -0.2) is 0 Å². The first-order valence-electron chi connectivity index (χ1n) is 4.36. The maximum absolute atomic E-state index is 10.7. The summed E-state index contributed by atoms with van der Waals surface area (Å²) in [4.78, 5) is 42.6. The van der Waals surface area contributed by atoms with Crippen LogP contribution in [0.5, 0.6) is 0 Å². The summed E-state index contributed by atoms with van der Waals surface area (Å²) in [6.07, 6.45) is -0.879. The van der Waals surface area contributed by atoms with Gasteiger partial charge in [0.1, 0.15) is 6.04 Å². The van der Waals surface area contributed by atoms with E-state index in [4.69, 9.17) is 20.4 Å². The van der Waals surface area contributed by atoms with Crippen molar-refractivity contribution in [2.75, 3.05) is 13.1 Å². The molecule has 0 aliphatic carbocycles. The zero-order valence-corrected chi connectivity index (χ0v) is 11.6. The second-order valence-electron chi connectivity index (χ2n) is 3.14. The first-order chi connectivity index (χ1) is 7.73. The summed E-state index contributed by atoms with van der Waals surface area (Å²) in [7, 11) is 0. The fourth-order valence-electron chi connectivity index (χ4n) is 1.16. The van der Waals surface area contributed by atoms with Crippen LogP contribution in [0.3, 0.4) is 0 Å². The minimum absolute atomic E-state index is 0. The zero-order valence-electron chi connectivity index (χ0n) is 10.6. The molecular formula is C8H12NNaO8. The summed E-state index contributed by atoms with van der Waals surface area (Å²) < 4.78 is 0. The summed E-state index contributed by atoms with van der Waals surface area (Å²) in [6.45, 7) is -1.73. The molecule has 0 aromatic rings. The van der Waals surface area contributed by atoms with Gasteiger partial charge in [-0.3, -0.25) is 24.1 Å². The van der Waals surface area contributed by atoms with Gasteiger partial charge < -0.3 is 21.9 Å². The molecule has 10 heteroatoms. The fourth-order valence-corrected chi connectivity index (χ4v) is 1.16. The van der Waals surface area contributed by atoms with Gasteiger partial charge in [-0.2, -0.15) is 0 Å². The first kappa shape index (κ1) is 19.2. The molecule has 0 bridgehead atoms. The molecule has 18 heavy (non-hydrogen) atoms. The summed E-state index contributed by atoms with van der Waals surface area (Å²) in [5.74, 6) is -5.93. The number of carboxylic acid groups (broad SMARTS) is 4. The topological polar surface area (TPSA) is 152 Å². The van der Waals surface area contributed by atoms with E-state index in [0.717, 1.165) is 0 Å². The van der Waals surface area contributed by atoms with Crippen LogP contribution in [0.4, 0.5) is 0 Å². The SMILES string of the molecule is O=C(O)CC(C(=O)O)N(CC(=O)O)CC(=O)O.[H-].[Na+]. The van der Waals surface area contributed by atoms with Crippen molar-refractivity contribution in [3.8, 4) is 0 Å². The van der Waals surface area contributed by atoms with E-state index >= 15 is 0 Å². The van der Waals surface area contributed by atoms with Crippen molar-refractivity contribution in [1.29, 1.82) is 0 Å². The molecule has 0 saturated carbocycles. The molecule has 98 valence electrons. The Hall–Kier alpha value is -1.16. The zero-order chi connectivity index (χ0) is 13.6. The third kappa shape index (κ3) is 8.01. The van der Waals surface area contributed by atoms with Crippen molar-refractivity contribution < 1.29 is 70.6 Å². The number of aliphatic carboxylic acids is 4. The largest absolute Gasteiger partial charge is 1.00 e. The van der Waals surface area contributed by atoms with E-state index in [1.54, 1.807) is 0 Å². The van der Waals surface area contributed by atoms with Gasteiger partial charge in [0.05, 0.1) is 19.5 Å². The van der Waals surface area contributed by atoms with Crippen LogP contribution in [0, 0.1) is 0 Å². The van der Waals surface area contributed by atoms with Gasteiger partial charge in [-0.15, -0.1) is 0 Å². The van der Waals surface area contributed by atoms with E-state index in [1.165, 1.54) is 0 Å². The van der Waals surface area contributed by atoms with Crippen molar-refractivity contribution in [1.82, 2.24) is 4.90 Å². The molecule has 9 nitrogen and oxygen atoms in total. The first-order valence-corrected chi connectivity index (χ1v) is 4.36. The molecule has 0 rings (SSSR count). The molecule has 0 heterocycles. The van der Waals surface area contributed by atoms with Crippen molar-refractivity contribution in [2.24, 2.45) is 0 Å². The van der Waals surface area contributed by atoms with Crippen LogP contribution in [0.15, 0.2) is 0 Å². The Kier molecular flexibility index (Phi) is 9.45. The van der Waals surface area contributed by atoms with E-state index < -0.39 is 49.4 Å². The van der Waals surface area contributed by atoms with Gasteiger partial charge in [-0.05, 0) is 0 Å². The molecule has 0 aliphatic heterocycles. The molecule has 0 saturated heterocycles. The van der Waals surface area contributed by atoms with Crippen molar-refractivity contribution in [2.45, 2.75) is 12.5 Å². The Bertz CT molecular complexity index is 334. The number of hydrogen-bond donors (Lipinski definition) is 4. The van der Waals surface area contributed by atoms with E-state index in [1.807, 2.05) is 0 Å². The number of hydrogen-bond acceptors (Lipinski definition) is 5. The minimum Gasteiger partial charge on any atom is -1.00 e. The smallest absolute Gasteiger partial charge is 1.00 e. The molecule has 4 N–H and O–H groups in total. The molecular weight excluding hydrogens is 261 g/mol. The molecule has 0 spiro atoms. The molecule has 1 atom stereocenters. The van der Waals surface area contributed by atoms with E-state index in [9.17, 15) is 19.2 Å². The van der Waals surface area contributed by atoms with E-state index in [0.29, 0.717) is 4.90 Å². The van der Waals surface area contributed by atoms with Crippen LogP contribution < -0.4 is 29.6 Å². The van der Waals surface area contributed by atoms with Crippen molar-refractivity contribution >= 4 is 23.9 Å². The van der Waals surface area contributed by atoms with Gasteiger partial charge in [0.2, 0.25) is 0 Å². The van der Waals surface area contributed by atoms with Crippen LogP contribution in [0.2, 0.25) is 0 Å². The molecule has 0 aromatic carbocycles. The van der Waals surface area contributed by atoms with Gasteiger partial charge in [0.25, 0.3) is 0 Å². The standard InChI is InChI=1S/C8H11NO8.Na.H/c10-5(11)1-4(8(16)17)9(2-6(12)13)3-7(14)15;;/h4H,1-3H2,(H,10,11)(H,12,13)(H,14,15)(H,16,17);;/q;+1;-1. The minimum atomic E-state index is -1.69. The average Bonchev–Trinajstić information content (AvgIpc) is 2.10. The van der Waals surface area contributed by atoms with Crippen LogP contribution in [-0.4, -0.2) is 68.3 Å². The summed E-state index contributed by atoms with van der Waals surface area (Å²) in [5.41, 5.74) is 0. The van der Waals surface area contributed by atoms with Gasteiger partial charge in [0.15, 0.2) is 0 Å². The van der Waals surface area contributed by atoms with Crippen LogP contribution in [-0.2, 0) is 19.2 Å². The monoisotopic (exact) mass is 273 g/mol. The third-order valence-electron chi connectivity index (χ3n) is 1.77. The Labute approximate surface area is 125 Å². The number of rotatable bonds is 8. The number of nitrogens with zero attached hydrogens (tertiary/aromatic N) is 1. The predicted octanol–water partition coefficient (Wildman–Crippen LogP) is -4.50. The second kappa shape index (κ2) is 8.86. The van der Waals surface area contributed by atoms with Crippen LogP contribution >= 0.6 is 0 Å². The number of carboxylic acids is 4. The Morgan fingerprint density at radius 1 is 0.889 bits per heavy atom. The third-order valence-corrected chi connectivity index (χ3v) is 1.77. The van der Waals surface area contributed by atoms with Crippen LogP contribution in [0.25, 0.3) is 0 Å². The maximum atomic E-state index is 10.7. The summed E-state index contributed by atoms with van der Waals surface area (Å²) in [6, 6.07) is -1.69. The Morgan fingerprint density at radius 3 is 1.50 bits per heavy atom. The van der Waals surface area contributed by atoms with E-state index in [-0.39, 0.29) is 31.0 Å². The maximum Gasteiger partial charge on any atom is 1.00 e.